The molecule has 0 saturated carbocycles. The number of aryl methyl sites for hydroxylation is 1. The van der Waals surface area contributed by atoms with E-state index < -0.39 is 23.9 Å². The zero-order valence-electron chi connectivity index (χ0n) is 22.0. The zero-order chi connectivity index (χ0) is 28.2. The lowest BCUT2D eigenvalue weighted by atomic mass is 10.0. The number of fused-ring (bicyclic) bond motifs is 2. The molecule has 3 N–H and O–H groups in total. The van der Waals surface area contributed by atoms with Gasteiger partial charge in [-0.2, -0.15) is 0 Å². The van der Waals surface area contributed by atoms with Gasteiger partial charge in [-0.05, 0) is 49.7 Å². The molecule has 1 unspecified atom stereocenters. The summed E-state index contributed by atoms with van der Waals surface area (Å²) in [5.41, 5.74) is 3.71. The topological polar surface area (TPSA) is 140 Å². The molecule has 1 aliphatic heterocycles. The highest BCUT2D eigenvalue weighted by molar-refractivity contribution is 5.96. The molecule has 5 rings (SSSR count). The van der Waals surface area contributed by atoms with Gasteiger partial charge in [0.1, 0.15) is 23.7 Å². The molecule has 11 heteroatoms. The number of carbonyl (C=O) groups is 3. The van der Waals surface area contributed by atoms with Crippen LogP contribution in [0.15, 0.2) is 60.8 Å². The van der Waals surface area contributed by atoms with E-state index >= 15 is 0 Å². The molecule has 2 aromatic heterocycles. The van der Waals surface area contributed by atoms with Crippen molar-refractivity contribution in [3.8, 4) is 22.8 Å². The summed E-state index contributed by atoms with van der Waals surface area (Å²) in [6.07, 6.45) is 1.40. The summed E-state index contributed by atoms with van der Waals surface area (Å²) in [5.74, 6) is -0.172. The third-order valence-electron chi connectivity index (χ3n) is 6.40. The Balaban J connectivity index is 1.48. The maximum Gasteiger partial charge on any atom is 0.325 e. The minimum absolute atomic E-state index is 0.0885. The highest BCUT2D eigenvalue weighted by Crippen LogP contribution is 2.38. The fraction of sp³-hybridized carbons (Fsp3) is 0.241. The Morgan fingerprint density at radius 2 is 1.85 bits per heavy atom. The molecule has 0 radical (unpaired) electrons. The van der Waals surface area contributed by atoms with Crippen LogP contribution in [0.2, 0.25) is 0 Å². The lowest BCUT2D eigenvalue weighted by Crippen LogP contribution is -2.30. The predicted octanol–water partition coefficient (Wildman–Crippen LogP) is 3.96. The number of nitrogens with one attached hydrogen (secondary N) is 2. The van der Waals surface area contributed by atoms with Crippen molar-refractivity contribution in [1.82, 2.24) is 14.7 Å². The predicted molar refractivity (Wildman–Crippen MR) is 146 cm³/mol. The molecule has 1 atom stereocenters. The number of aromatic nitrogens is 2. The Labute approximate surface area is 229 Å². The quantitative estimate of drug-likeness (QED) is 0.253. The van der Waals surface area contributed by atoms with Gasteiger partial charge in [-0.25, -0.2) is 4.98 Å². The van der Waals surface area contributed by atoms with E-state index in [0.29, 0.717) is 45.3 Å². The smallest absolute Gasteiger partial charge is 0.325 e. The first kappa shape index (κ1) is 26.5. The van der Waals surface area contributed by atoms with Crippen molar-refractivity contribution in [2.75, 3.05) is 25.3 Å². The molecule has 0 aliphatic carbocycles. The molecule has 2 aromatic carbocycles. The standard InChI is InChI=1S/C29H28N4O7/c1-3-38-26(36)15-30-28-27(19-8-9-22-23(12-19)40-16-39-22)32-24-13-20(10-11-33(24)28)29(37)31-21(14-25(34)35)18-6-4-17(2)5-7-18/h4-13,21,30H,3,14-16H2,1-2H3,(H,31,37)(H,34,35). The number of anilines is 1. The van der Waals surface area contributed by atoms with Crippen LogP contribution in [-0.4, -0.2) is 52.3 Å². The molecule has 4 aromatic rings. The number of pyridine rings is 1. The molecule has 206 valence electrons. The fourth-order valence-electron chi connectivity index (χ4n) is 4.44. The monoisotopic (exact) mass is 544 g/mol. The maximum absolute atomic E-state index is 13.2. The van der Waals surface area contributed by atoms with Crippen LogP contribution in [-0.2, 0) is 14.3 Å². The van der Waals surface area contributed by atoms with Gasteiger partial charge in [-0.15, -0.1) is 0 Å². The highest BCUT2D eigenvalue weighted by Gasteiger charge is 2.22. The van der Waals surface area contributed by atoms with Crippen LogP contribution in [0.4, 0.5) is 5.82 Å². The first-order valence-corrected chi connectivity index (χ1v) is 12.7. The van der Waals surface area contributed by atoms with Gasteiger partial charge in [0.2, 0.25) is 6.79 Å². The highest BCUT2D eigenvalue weighted by atomic mass is 16.7. The molecule has 0 spiro atoms. The number of imidazole rings is 1. The Hall–Kier alpha value is -5.06. The summed E-state index contributed by atoms with van der Waals surface area (Å²) < 4.78 is 17.7. The van der Waals surface area contributed by atoms with Gasteiger partial charge in [0.15, 0.2) is 11.5 Å². The Morgan fingerprint density at radius 1 is 1.07 bits per heavy atom. The number of benzene rings is 2. The molecular weight excluding hydrogens is 516 g/mol. The number of hydrogen-bond donors (Lipinski definition) is 3. The zero-order valence-corrected chi connectivity index (χ0v) is 22.0. The van der Waals surface area contributed by atoms with Gasteiger partial charge >= 0.3 is 11.9 Å². The van der Waals surface area contributed by atoms with Gasteiger partial charge < -0.3 is 30.0 Å². The van der Waals surface area contributed by atoms with Gasteiger partial charge in [0.25, 0.3) is 5.91 Å². The number of carboxylic acids is 1. The fourth-order valence-corrected chi connectivity index (χ4v) is 4.44. The summed E-state index contributed by atoms with van der Waals surface area (Å²) in [5, 5.41) is 15.4. The van der Waals surface area contributed by atoms with E-state index in [9.17, 15) is 19.5 Å². The molecule has 40 heavy (non-hydrogen) atoms. The third kappa shape index (κ3) is 5.68. The van der Waals surface area contributed by atoms with Gasteiger partial charge in [-0.3, -0.25) is 18.8 Å². The Kier molecular flexibility index (Phi) is 7.54. The van der Waals surface area contributed by atoms with Crippen molar-refractivity contribution in [3.05, 3.63) is 77.5 Å². The summed E-state index contributed by atoms with van der Waals surface area (Å²) in [6.45, 7) is 3.96. The number of hydrogen-bond acceptors (Lipinski definition) is 8. The van der Waals surface area contributed by atoms with Crippen LogP contribution in [0.5, 0.6) is 11.5 Å². The van der Waals surface area contributed by atoms with E-state index in [4.69, 9.17) is 19.2 Å². The Bertz CT molecular complexity index is 1580. The SMILES string of the molecule is CCOC(=O)CNc1c(-c2ccc3c(c2)OCO3)nc2cc(C(=O)NC(CC(=O)O)c3ccc(C)cc3)ccn12. The molecule has 1 aliphatic rings. The molecule has 3 heterocycles. The summed E-state index contributed by atoms with van der Waals surface area (Å²) in [7, 11) is 0. The minimum atomic E-state index is -1.03. The van der Waals surface area contributed by atoms with E-state index in [1.54, 1.807) is 53.9 Å². The number of esters is 1. The van der Waals surface area contributed by atoms with Crippen LogP contribution in [0.25, 0.3) is 16.9 Å². The van der Waals surface area contributed by atoms with Gasteiger partial charge in [-0.1, -0.05) is 29.8 Å². The number of amides is 1. The summed E-state index contributed by atoms with van der Waals surface area (Å²) >= 11 is 0. The van der Waals surface area contributed by atoms with Crippen molar-refractivity contribution >= 4 is 29.3 Å². The molecule has 0 fully saturated rings. The first-order valence-electron chi connectivity index (χ1n) is 12.7. The van der Waals surface area contributed by atoms with Crippen LogP contribution in [0.3, 0.4) is 0 Å². The number of rotatable bonds is 10. The Morgan fingerprint density at radius 3 is 2.60 bits per heavy atom. The largest absolute Gasteiger partial charge is 0.481 e. The number of carboxylic acid groups (broad SMARTS) is 1. The second kappa shape index (κ2) is 11.4. The van der Waals surface area contributed by atoms with Crippen molar-refractivity contribution in [3.63, 3.8) is 0 Å². The number of carbonyl (C=O) groups excluding carboxylic acids is 2. The summed E-state index contributed by atoms with van der Waals surface area (Å²) in [6, 6.07) is 15.3. The lowest BCUT2D eigenvalue weighted by Gasteiger charge is -2.18. The van der Waals surface area contributed by atoms with Crippen LogP contribution in [0.1, 0.15) is 40.9 Å². The first-order chi connectivity index (χ1) is 19.3. The van der Waals surface area contributed by atoms with Crippen LogP contribution in [0, 0.1) is 6.92 Å². The second-order valence-corrected chi connectivity index (χ2v) is 9.21. The number of ether oxygens (including phenoxy) is 3. The molecule has 0 bridgehead atoms. The van der Waals surface area contributed by atoms with E-state index in [0.717, 1.165) is 5.56 Å². The maximum atomic E-state index is 13.2. The van der Waals surface area contributed by atoms with Crippen LogP contribution < -0.4 is 20.1 Å². The van der Waals surface area contributed by atoms with Gasteiger partial charge in [0.05, 0.1) is 19.1 Å². The second-order valence-electron chi connectivity index (χ2n) is 9.21. The molecule has 11 nitrogen and oxygen atoms in total. The van der Waals surface area contributed by atoms with E-state index in [-0.39, 0.29) is 26.4 Å². The lowest BCUT2D eigenvalue weighted by molar-refractivity contribution is -0.141. The molecule has 0 saturated heterocycles. The summed E-state index contributed by atoms with van der Waals surface area (Å²) in [4.78, 5) is 41.6. The minimum Gasteiger partial charge on any atom is -0.481 e. The molecule has 1 amide bonds. The van der Waals surface area contributed by atoms with Crippen molar-refractivity contribution in [1.29, 1.82) is 0 Å². The van der Waals surface area contributed by atoms with Crippen molar-refractivity contribution < 1.29 is 33.7 Å². The van der Waals surface area contributed by atoms with E-state index in [1.807, 2.05) is 25.1 Å². The van der Waals surface area contributed by atoms with E-state index in [2.05, 4.69) is 10.6 Å². The molecular formula is C29H28N4O7. The van der Waals surface area contributed by atoms with Crippen molar-refractivity contribution in [2.24, 2.45) is 0 Å². The number of nitrogens with zero attached hydrogens (tertiary/aromatic N) is 2. The third-order valence-corrected chi connectivity index (χ3v) is 6.40. The van der Waals surface area contributed by atoms with Crippen molar-refractivity contribution in [2.45, 2.75) is 26.3 Å². The number of aliphatic carboxylic acids is 1. The normalized spacial score (nSPS) is 12.7. The van der Waals surface area contributed by atoms with E-state index in [1.165, 1.54) is 0 Å². The van der Waals surface area contributed by atoms with Gasteiger partial charge in [0, 0.05) is 17.3 Å². The van der Waals surface area contributed by atoms with Crippen LogP contribution >= 0.6 is 0 Å². The average Bonchev–Trinajstić information content (AvgIpc) is 3.55. The average molecular weight is 545 g/mol.